The number of fused-ring (bicyclic) bond motifs is 1. The Bertz CT molecular complexity index is 922. The molecular formula is C25H33NO3. The molecule has 0 aromatic heterocycles. The van der Waals surface area contributed by atoms with Gasteiger partial charge in [-0.25, -0.2) is 4.79 Å². The quantitative estimate of drug-likeness (QED) is 0.684. The highest BCUT2D eigenvalue weighted by Crippen LogP contribution is 2.40. The van der Waals surface area contributed by atoms with Crippen molar-refractivity contribution >= 4 is 16.9 Å². The van der Waals surface area contributed by atoms with E-state index in [4.69, 9.17) is 9.47 Å². The Labute approximate surface area is 174 Å². The second kappa shape index (κ2) is 7.23. The largest absolute Gasteiger partial charge is 0.490 e. The summed E-state index contributed by atoms with van der Waals surface area (Å²) in [4.78, 5) is 11.5. The Morgan fingerprint density at radius 1 is 1.10 bits per heavy atom. The molecule has 2 aromatic carbocycles. The lowest BCUT2D eigenvalue weighted by atomic mass is 9.72. The summed E-state index contributed by atoms with van der Waals surface area (Å²) in [5.41, 5.74) is 2.16. The molecule has 1 saturated carbocycles. The number of carbonyl (C=O) groups is 1. The summed E-state index contributed by atoms with van der Waals surface area (Å²) in [5, 5.41) is 5.28. The molecule has 1 aliphatic carbocycles. The number of benzene rings is 2. The highest BCUT2D eigenvalue weighted by molar-refractivity contribution is 5.88. The SMILES string of the molecule is Cc1c(OC2CCC(C(C)(C)C)CC2)ccc2cc(C3(C)COC(=O)N3)ccc12. The number of carbonyl (C=O) groups excluding carboxylic acids is 1. The number of hydrogen-bond donors (Lipinski definition) is 1. The summed E-state index contributed by atoms with van der Waals surface area (Å²) in [6.45, 7) is 11.5. The summed E-state index contributed by atoms with van der Waals surface area (Å²) in [6.07, 6.45) is 4.72. The van der Waals surface area contributed by atoms with E-state index in [-0.39, 0.29) is 6.09 Å². The maximum Gasteiger partial charge on any atom is 0.408 e. The van der Waals surface area contributed by atoms with E-state index in [0.717, 1.165) is 35.5 Å². The normalized spacial score (nSPS) is 27.6. The van der Waals surface area contributed by atoms with Crippen molar-refractivity contribution in [3.05, 3.63) is 41.5 Å². The predicted octanol–water partition coefficient (Wildman–Crippen LogP) is 6.09. The van der Waals surface area contributed by atoms with Gasteiger partial charge in [0.2, 0.25) is 0 Å². The molecule has 1 saturated heterocycles. The summed E-state index contributed by atoms with van der Waals surface area (Å²) >= 11 is 0. The predicted molar refractivity (Wildman–Crippen MR) is 116 cm³/mol. The van der Waals surface area contributed by atoms with Crippen LogP contribution in [0.3, 0.4) is 0 Å². The van der Waals surface area contributed by atoms with Crippen LogP contribution in [-0.2, 0) is 10.3 Å². The van der Waals surface area contributed by atoms with E-state index >= 15 is 0 Å². The molecule has 1 aliphatic heterocycles. The van der Waals surface area contributed by atoms with Gasteiger partial charge in [0, 0.05) is 0 Å². The van der Waals surface area contributed by atoms with E-state index in [0.29, 0.717) is 18.1 Å². The number of amides is 1. The summed E-state index contributed by atoms with van der Waals surface area (Å²) in [6, 6.07) is 10.6. The van der Waals surface area contributed by atoms with Crippen LogP contribution in [-0.4, -0.2) is 18.8 Å². The van der Waals surface area contributed by atoms with E-state index in [1.807, 2.05) is 6.92 Å². The smallest absolute Gasteiger partial charge is 0.408 e. The first kappa shape index (κ1) is 20.1. The minimum atomic E-state index is -0.472. The lowest BCUT2D eigenvalue weighted by Gasteiger charge is -2.37. The van der Waals surface area contributed by atoms with E-state index in [9.17, 15) is 4.79 Å². The number of alkyl carbamates (subject to hydrolysis) is 1. The van der Waals surface area contributed by atoms with Gasteiger partial charge >= 0.3 is 6.09 Å². The van der Waals surface area contributed by atoms with Gasteiger partial charge in [-0.2, -0.15) is 0 Å². The second-order valence-electron chi connectivity index (χ2n) is 10.1. The molecular weight excluding hydrogens is 362 g/mol. The van der Waals surface area contributed by atoms with Gasteiger partial charge in [0.25, 0.3) is 0 Å². The fraction of sp³-hybridized carbons (Fsp3) is 0.560. The molecule has 2 aliphatic rings. The molecule has 4 nitrogen and oxygen atoms in total. The van der Waals surface area contributed by atoms with Crippen molar-refractivity contribution < 1.29 is 14.3 Å². The van der Waals surface area contributed by atoms with Gasteiger partial charge in [0.05, 0.1) is 11.6 Å². The van der Waals surface area contributed by atoms with Gasteiger partial charge in [0.1, 0.15) is 12.4 Å². The number of cyclic esters (lactones) is 1. The first-order valence-electron chi connectivity index (χ1n) is 10.8. The zero-order valence-electron chi connectivity index (χ0n) is 18.3. The Hall–Kier alpha value is -2.23. The van der Waals surface area contributed by atoms with Crippen molar-refractivity contribution in [1.29, 1.82) is 0 Å². The van der Waals surface area contributed by atoms with Gasteiger partial charge in [-0.3, -0.25) is 0 Å². The number of ether oxygens (including phenoxy) is 2. The minimum absolute atomic E-state index is 0.314. The Balaban J connectivity index is 1.51. The van der Waals surface area contributed by atoms with Crippen molar-refractivity contribution in [1.82, 2.24) is 5.32 Å². The molecule has 1 unspecified atom stereocenters. The van der Waals surface area contributed by atoms with Crippen LogP contribution >= 0.6 is 0 Å². The Morgan fingerprint density at radius 2 is 1.83 bits per heavy atom. The van der Waals surface area contributed by atoms with Crippen LogP contribution < -0.4 is 10.1 Å². The molecule has 2 fully saturated rings. The molecule has 0 radical (unpaired) electrons. The second-order valence-corrected chi connectivity index (χ2v) is 10.1. The minimum Gasteiger partial charge on any atom is -0.490 e. The van der Waals surface area contributed by atoms with Gasteiger partial charge in [-0.1, -0.05) is 39.0 Å². The molecule has 29 heavy (non-hydrogen) atoms. The fourth-order valence-corrected chi connectivity index (χ4v) is 4.83. The van der Waals surface area contributed by atoms with Gasteiger partial charge in [0.15, 0.2) is 0 Å². The molecule has 156 valence electrons. The zero-order chi connectivity index (χ0) is 20.8. The third-order valence-corrected chi connectivity index (χ3v) is 6.94. The molecule has 1 heterocycles. The van der Waals surface area contributed by atoms with Crippen LogP contribution in [0.5, 0.6) is 5.75 Å². The number of nitrogens with one attached hydrogen (secondary N) is 1. The Kier molecular flexibility index (Phi) is 5.00. The highest BCUT2D eigenvalue weighted by Gasteiger charge is 2.36. The third kappa shape index (κ3) is 3.94. The summed E-state index contributed by atoms with van der Waals surface area (Å²) < 4.78 is 11.6. The van der Waals surface area contributed by atoms with Crippen molar-refractivity contribution in [2.75, 3.05) is 6.61 Å². The average molecular weight is 396 g/mol. The first-order chi connectivity index (χ1) is 13.7. The first-order valence-corrected chi connectivity index (χ1v) is 10.8. The molecule has 0 bridgehead atoms. The van der Waals surface area contributed by atoms with Crippen LogP contribution in [0.15, 0.2) is 30.3 Å². The van der Waals surface area contributed by atoms with Crippen LogP contribution in [0.25, 0.3) is 10.8 Å². The lowest BCUT2D eigenvalue weighted by molar-refractivity contribution is 0.0878. The zero-order valence-corrected chi connectivity index (χ0v) is 18.3. The van der Waals surface area contributed by atoms with Crippen LogP contribution in [0.4, 0.5) is 4.79 Å². The van der Waals surface area contributed by atoms with E-state index in [2.05, 4.69) is 63.3 Å². The molecule has 1 N–H and O–H groups in total. The molecule has 2 aromatic rings. The van der Waals surface area contributed by atoms with Crippen molar-refractivity contribution in [2.45, 2.75) is 71.9 Å². The fourth-order valence-electron chi connectivity index (χ4n) is 4.83. The van der Waals surface area contributed by atoms with E-state index in [1.165, 1.54) is 23.8 Å². The van der Waals surface area contributed by atoms with Crippen LogP contribution in [0, 0.1) is 18.3 Å². The van der Waals surface area contributed by atoms with Crippen molar-refractivity contribution in [2.24, 2.45) is 11.3 Å². The van der Waals surface area contributed by atoms with Crippen molar-refractivity contribution in [3.63, 3.8) is 0 Å². The highest BCUT2D eigenvalue weighted by atomic mass is 16.6. The maximum absolute atomic E-state index is 11.5. The average Bonchev–Trinajstić information content (AvgIpc) is 3.03. The monoisotopic (exact) mass is 395 g/mol. The molecule has 4 heteroatoms. The van der Waals surface area contributed by atoms with Crippen LogP contribution in [0.2, 0.25) is 0 Å². The Morgan fingerprint density at radius 3 is 2.45 bits per heavy atom. The summed E-state index contributed by atoms with van der Waals surface area (Å²) in [5.74, 6) is 1.79. The topological polar surface area (TPSA) is 47.6 Å². The molecule has 1 atom stereocenters. The van der Waals surface area contributed by atoms with Gasteiger partial charge in [-0.05, 0) is 84.9 Å². The van der Waals surface area contributed by atoms with Gasteiger partial charge in [-0.15, -0.1) is 0 Å². The van der Waals surface area contributed by atoms with Crippen molar-refractivity contribution in [3.8, 4) is 5.75 Å². The number of hydrogen-bond acceptors (Lipinski definition) is 3. The third-order valence-electron chi connectivity index (χ3n) is 6.94. The number of aryl methyl sites for hydroxylation is 1. The lowest BCUT2D eigenvalue weighted by Crippen LogP contribution is -2.37. The molecule has 0 spiro atoms. The maximum atomic E-state index is 11.5. The van der Waals surface area contributed by atoms with Gasteiger partial charge < -0.3 is 14.8 Å². The number of rotatable bonds is 3. The van der Waals surface area contributed by atoms with Crippen LogP contribution in [0.1, 0.15) is 64.5 Å². The van der Waals surface area contributed by atoms with E-state index in [1.54, 1.807) is 0 Å². The standard InChI is InChI=1S/C25H33NO3/c1-16-21-12-9-19(25(5)15-28-23(27)26-25)14-17(21)6-13-22(16)29-20-10-7-18(8-11-20)24(2,3)4/h6,9,12-14,18,20H,7-8,10-11,15H2,1-5H3,(H,26,27). The van der Waals surface area contributed by atoms with E-state index < -0.39 is 5.54 Å². The summed E-state index contributed by atoms with van der Waals surface area (Å²) in [7, 11) is 0. The molecule has 4 rings (SSSR count). The molecule has 1 amide bonds.